The second kappa shape index (κ2) is 6.73. The molecule has 7 nitrogen and oxygen atoms in total. The summed E-state index contributed by atoms with van der Waals surface area (Å²) in [5, 5.41) is 17.6. The molecule has 1 saturated heterocycles. The number of anilines is 1. The van der Waals surface area contributed by atoms with Crippen molar-refractivity contribution >= 4 is 11.4 Å². The van der Waals surface area contributed by atoms with E-state index in [1.807, 2.05) is 13.8 Å². The lowest BCUT2D eigenvalue weighted by molar-refractivity contribution is -0.386. The summed E-state index contributed by atoms with van der Waals surface area (Å²) >= 11 is 0. The minimum atomic E-state index is -0.434. The largest absolute Gasteiger partial charge is 0.484 e. The highest BCUT2D eigenvalue weighted by Gasteiger charge is 2.27. The van der Waals surface area contributed by atoms with E-state index in [1.54, 1.807) is 19.2 Å². The molecule has 1 aliphatic rings. The van der Waals surface area contributed by atoms with Crippen LogP contribution < -0.4 is 15.4 Å². The summed E-state index contributed by atoms with van der Waals surface area (Å²) in [5.41, 5.74) is 0.758. The van der Waals surface area contributed by atoms with Crippen LogP contribution in [-0.4, -0.2) is 43.4 Å². The first-order valence-corrected chi connectivity index (χ1v) is 6.96. The second-order valence-corrected chi connectivity index (χ2v) is 5.29. The van der Waals surface area contributed by atoms with Crippen molar-refractivity contribution in [3.05, 3.63) is 28.3 Å². The summed E-state index contributed by atoms with van der Waals surface area (Å²) in [6.45, 7) is 5.25. The molecular weight excluding hydrogens is 274 g/mol. The summed E-state index contributed by atoms with van der Waals surface area (Å²) in [7, 11) is 1.68. The van der Waals surface area contributed by atoms with Gasteiger partial charge in [0, 0.05) is 38.0 Å². The van der Waals surface area contributed by atoms with E-state index in [0.29, 0.717) is 0 Å². The average molecular weight is 295 g/mol. The van der Waals surface area contributed by atoms with E-state index in [2.05, 4.69) is 10.6 Å². The Morgan fingerprint density at radius 2 is 2.19 bits per heavy atom. The molecule has 2 atom stereocenters. The second-order valence-electron chi connectivity index (χ2n) is 5.29. The lowest BCUT2D eigenvalue weighted by atomic mass is 10.2. The number of rotatable bonds is 6. The van der Waals surface area contributed by atoms with Crippen molar-refractivity contribution in [2.45, 2.75) is 32.1 Å². The lowest BCUT2D eigenvalue weighted by Crippen LogP contribution is -2.33. The predicted octanol–water partition coefficient (Wildman–Crippen LogP) is 1.78. The predicted molar refractivity (Wildman–Crippen MR) is 79.9 cm³/mol. The maximum atomic E-state index is 11.0. The SMILES string of the molecule is CO[C@H]1CNCC1Nc1ccc([N+](=O)[O-])c(OC(C)C)c1. The van der Waals surface area contributed by atoms with Crippen LogP contribution in [0, 0.1) is 10.1 Å². The Kier molecular flexibility index (Phi) is 4.98. The standard InChI is InChI=1S/C14H21N3O4/c1-9(2)21-13-6-10(4-5-12(13)17(18)19)16-11-7-15-8-14(11)20-3/h4-6,9,11,14-16H,7-8H2,1-3H3/t11?,14-/m0/s1. The topological polar surface area (TPSA) is 85.7 Å². The zero-order chi connectivity index (χ0) is 15.4. The molecule has 1 unspecified atom stereocenters. The van der Waals surface area contributed by atoms with Crippen molar-refractivity contribution in [1.82, 2.24) is 5.32 Å². The monoisotopic (exact) mass is 295 g/mol. The Bertz CT molecular complexity index is 507. The van der Waals surface area contributed by atoms with Gasteiger partial charge in [-0.25, -0.2) is 0 Å². The summed E-state index contributed by atoms with van der Waals surface area (Å²) in [6, 6.07) is 4.95. The summed E-state index contributed by atoms with van der Waals surface area (Å²) in [4.78, 5) is 10.6. The van der Waals surface area contributed by atoms with Crippen LogP contribution in [-0.2, 0) is 4.74 Å². The van der Waals surface area contributed by atoms with Crippen LogP contribution in [0.25, 0.3) is 0 Å². The minimum Gasteiger partial charge on any atom is -0.484 e. The molecule has 1 aromatic rings. The van der Waals surface area contributed by atoms with Gasteiger partial charge in [0.2, 0.25) is 0 Å². The molecule has 0 bridgehead atoms. The van der Waals surface area contributed by atoms with E-state index < -0.39 is 4.92 Å². The molecule has 2 N–H and O–H groups in total. The van der Waals surface area contributed by atoms with Gasteiger partial charge >= 0.3 is 5.69 Å². The van der Waals surface area contributed by atoms with Gasteiger partial charge in [0.25, 0.3) is 0 Å². The number of nitro benzene ring substituents is 1. The molecule has 0 spiro atoms. The van der Waals surface area contributed by atoms with Crippen LogP contribution in [0.1, 0.15) is 13.8 Å². The van der Waals surface area contributed by atoms with Gasteiger partial charge in [-0.3, -0.25) is 10.1 Å². The van der Waals surface area contributed by atoms with E-state index in [4.69, 9.17) is 9.47 Å². The molecule has 1 aromatic carbocycles. The number of ether oxygens (including phenoxy) is 2. The summed E-state index contributed by atoms with van der Waals surface area (Å²) in [5.74, 6) is 0.278. The van der Waals surface area contributed by atoms with Crippen molar-refractivity contribution < 1.29 is 14.4 Å². The maximum absolute atomic E-state index is 11.0. The van der Waals surface area contributed by atoms with Crippen molar-refractivity contribution in [3.63, 3.8) is 0 Å². The van der Waals surface area contributed by atoms with Gasteiger partial charge in [-0.1, -0.05) is 0 Å². The van der Waals surface area contributed by atoms with Gasteiger partial charge in [-0.15, -0.1) is 0 Å². The fraction of sp³-hybridized carbons (Fsp3) is 0.571. The normalized spacial score (nSPS) is 21.5. The zero-order valence-electron chi connectivity index (χ0n) is 12.5. The number of nitrogens with one attached hydrogen (secondary N) is 2. The summed E-state index contributed by atoms with van der Waals surface area (Å²) in [6.07, 6.45) is -0.0477. The van der Waals surface area contributed by atoms with E-state index in [9.17, 15) is 10.1 Å². The highest BCUT2D eigenvalue weighted by molar-refractivity contribution is 5.58. The van der Waals surface area contributed by atoms with Crippen molar-refractivity contribution in [2.75, 3.05) is 25.5 Å². The molecule has 0 aliphatic carbocycles. The Labute approximate surface area is 123 Å². The number of methoxy groups -OCH3 is 1. The molecular formula is C14H21N3O4. The van der Waals surface area contributed by atoms with Crippen molar-refractivity contribution in [3.8, 4) is 5.75 Å². The van der Waals surface area contributed by atoms with Gasteiger partial charge in [-0.2, -0.15) is 0 Å². The van der Waals surface area contributed by atoms with Gasteiger partial charge < -0.3 is 20.1 Å². The fourth-order valence-electron chi connectivity index (χ4n) is 2.36. The molecule has 1 aliphatic heterocycles. The molecule has 116 valence electrons. The number of hydrogen-bond acceptors (Lipinski definition) is 6. The van der Waals surface area contributed by atoms with E-state index in [1.165, 1.54) is 6.07 Å². The molecule has 0 amide bonds. The third kappa shape index (κ3) is 3.83. The van der Waals surface area contributed by atoms with Crippen LogP contribution >= 0.6 is 0 Å². The number of nitrogens with zero attached hydrogens (tertiary/aromatic N) is 1. The Balaban J connectivity index is 2.18. The Morgan fingerprint density at radius 1 is 1.43 bits per heavy atom. The van der Waals surface area contributed by atoms with Gasteiger partial charge in [0.05, 0.1) is 23.2 Å². The van der Waals surface area contributed by atoms with Gasteiger partial charge in [0.15, 0.2) is 5.75 Å². The number of hydrogen-bond donors (Lipinski definition) is 2. The van der Waals surface area contributed by atoms with Crippen LogP contribution in [0.4, 0.5) is 11.4 Å². The zero-order valence-corrected chi connectivity index (χ0v) is 12.5. The summed E-state index contributed by atoms with van der Waals surface area (Å²) < 4.78 is 10.9. The maximum Gasteiger partial charge on any atom is 0.311 e. The van der Waals surface area contributed by atoms with E-state index >= 15 is 0 Å². The first-order chi connectivity index (χ1) is 10.0. The number of nitro groups is 1. The van der Waals surface area contributed by atoms with Crippen LogP contribution in [0.2, 0.25) is 0 Å². The molecule has 1 fully saturated rings. The van der Waals surface area contributed by atoms with Crippen molar-refractivity contribution in [1.29, 1.82) is 0 Å². The van der Waals surface area contributed by atoms with E-state index in [0.717, 1.165) is 18.8 Å². The molecule has 2 rings (SSSR count). The average Bonchev–Trinajstić information content (AvgIpc) is 2.85. The lowest BCUT2D eigenvalue weighted by Gasteiger charge is -2.20. The first-order valence-electron chi connectivity index (χ1n) is 6.96. The third-order valence-corrected chi connectivity index (χ3v) is 3.33. The molecule has 0 radical (unpaired) electrons. The molecule has 21 heavy (non-hydrogen) atoms. The molecule has 0 saturated carbocycles. The van der Waals surface area contributed by atoms with E-state index in [-0.39, 0.29) is 29.7 Å². The molecule has 0 aromatic heterocycles. The highest BCUT2D eigenvalue weighted by Crippen LogP contribution is 2.31. The third-order valence-electron chi connectivity index (χ3n) is 3.33. The molecule has 7 heteroatoms. The Hall–Kier alpha value is -1.86. The Morgan fingerprint density at radius 3 is 2.81 bits per heavy atom. The molecule has 1 heterocycles. The van der Waals surface area contributed by atoms with Crippen LogP contribution in [0.15, 0.2) is 18.2 Å². The van der Waals surface area contributed by atoms with Crippen molar-refractivity contribution in [2.24, 2.45) is 0 Å². The van der Waals surface area contributed by atoms with Crippen LogP contribution in [0.5, 0.6) is 5.75 Å². The number of benzene rings is 1. The highest BCUT2D eigenvalue weighted by atomic mass is 16.6. The first kappa shape index (κ1) is 15.5. The van der Waals surface area contributed by atoms with Gasteiger partial charge in [-0.05, 0) is 19.9 Å². The minimum absolute atomic E-state index is 0.0258. The van der Waals surface area contributed by atoms with Crippen LogP contribution in [0.3, 0.4) is 0 Å². The quantitative estimate of drug-likeness (QED) is 0.614. The van der Waals surface area contributed by atoms with Gasteiger partial charge in [0.1, 0.15) is 0 Å². The smallest absolute Gasteiger partial charge is 0.311 e. The fourth-order valence-corrected chi connectivity index (χ4v) is 2.36.